The Labute approximate surface area is 129 Å². The molecule has 2 heterocycles. The van der Waals surface area contributed by atoms with Crippen LogP contribution in [0.15, 0.2) is 30.3 Å². The molecule has 0 bridgehead atoms. The van der Waals surface area contributed by atoms with Crippen LogP contribution in [0.3, 0.4) is 0 Å². The highest BCUT2D eigenvalue weighted by Crippen LogP contribution is 2.34. The van der Waals surface area contributed by atoms with Crippen LogP contribution in [0.1, 0.15) is 23.8 Å². The molecule has 3 rings (SSSR count). The predicted molar refractivity (Wildman–Crippen MR) is 91.1 cm³/mol. The highest BCUT2D eigenvalue weighted by atomic mass is 32.1. The molecule has 0 fully saturated rings. The molecule has 0 aliphatic carbocycles. The minimum Gasteiger partial charge on any atom is -0.369 e. The van der Waals surface area contributed by atoms with Crippen LogP contribution in [0.5, 0.6) is 0 Å². The van der Waals surface area contributed by atoms with Crippen molar-refractivity contribution in [3.05, 3.63) is 40.8 Å². The van der Waals surface area contributed by atoms with Gasteiger partial charge in [0.05, 0.1) is 5.39 Å². The maximum Gasteiger partial charge on any atom is 0.163 e. The van der Waals surface area contributed by atoms with Gasteiger partial charge in [-0.2, -0.15) is 0 Å². The minimum absolute atomic E-state index is 0.794. The monoisotopic (exact) mass is 297 g/mol. The first-order valence-electron chi connectivity index (χ1n) is 7.27. The van der Waals surface area contributed by atoms with Crippen molar-refractivity contribution in [2.45, 2.75) is 27.2 Å². The highest BCUT2D eigenvalue weighted by molar-refractivity contribution is 7.18. The van der Waals surface area contributed by atoms with Gasteiger partial charge in [0.15, 0.2) is 5.82 Å². The van der Waals surface area contributed by atoms with Crippen molar-refractivity contribution < 1.29 is 0 Å². The van der Waals surface area contributed by atoms with Crippen molar-refractivity contribution >= 4 is 27.4 Å². The summed E-state index contributed by atoms with van der Waals surface area (Å²) < 4.78 is 0. The lowest BCUT2D eigenvalue weighted by Gasteiger charge is -2.09. The molecule has 0 aliphatic heterocycles. The third-order valence-electron chi connectivity index (χ3n) is 3.60. The second kappa shape index (κ2) is 5.82. The van der Waals surface area contributed by atoms with E-state index in [0.29, 0.717) is 0 Å². The number of aryl methyl sites for hydroxylation is 2. The van der Waals surface area contributed by atoms with Gasteiger partial charge in [0, 0.05) is 17.0 Å². The van der Waals surface area contributed by atoms with Crippen LogP contribution in [0, 0.1) is 13.8 Å². The SMILES string of the molecule is CCCNc1nc(-c2ccccc2)nc2sc(C)c(C)c12. The molecule has 3 nitrogen and oxygen atoms in total. The van der Waals surface area contributed by atoms with Gasteiger partial charge in [-0.05, 0) is 25.8 Å². The van der Waals surface area contributed by atoms with Crippen molar-refractivity contribution in [2.75, 3.05) is 11.9 Å². The molecule has 108 valence electrons. The van der Waals surface area contributed by atoms with Crippen molar-refractivity contribution in [1.29, 1.82) is 0 Å². The normalized spacial score (nSPS) is 11.0. The fourth-order valence-electron chi connectivity index (χ4n) is 2.34. The third kappa shape index (κ3) is 2.63. The van der Waals surface area contributed by atoms with Crippen LogP contribution in [0.4, 0.5) is 5.82 Å². The van der Waals surface area contributed by atoms with E-state index in [0.717, 1.165) is 35.0 Å². The fourth-order valence-corrected chi connectivity index (χ4v) is 3.37. The molecule has 0 saturated carbocycles. The van der Waals surface area contributed by atoms with Gasteiger partial charge in [0.1, 0.15) is 10.6 Å². The van der Waals surface area contributed by atoms with E-state index in [2.05, 4.69) is 38.2 Å². The number of nitrogens with zero attached hydrogens (tertiary/aromatic N) is 2. The van der Waals surface area contributed by atoms with E-state index in [1.165, 1.54) is 15.8 Å². The Morgan fingerprint density at radius 1 is 1.10 bits per heavy atom. The van der Waals surface area contributed by atoms with E-state index >= 15 is 0 Å². The van der Waals surface area contributed by atoms with Crippen molar-refractivity contribution in [3.8, 4) is 11.4 Å². The van der Waals surface area contributed by atoms with Gasteiger partial charge < -0.3 is 5.32 Å². The molecule has 0 radical (unpaired) electrons. The lowest BCUT2D eigenvalue weighted by atomic mass is 10.2. The summed E-state index contributed by atoms with van der Waals surface area (Å²) in [5.41, 5.74) is 2.34. The Morgan fingerprint density at radius 3 is 2.57 bits per heavy atom. The van der Waals surface area contributed by atoms with Crippen LogP contribution < -0.4 is 5.32 Å². The van der Waals surface area contributed by atoms with Crippen molar-refractivity contribution in [1.82, 2.24) is 9.97 Å². The van der Waals surface area contributed by atoms with E-state index in [1.54, 1.807) is 11.3 Å². The second-order valence-electron chi connectivity index (χ2n) is 5.15. The molecular formula is C17H19N3S. The summed E-state index contributed by atoms with van der Waals surface area (Å²) in [5, 5.41) is 4.63. The highest BCUT2D eigenvalue weighted by Gasteiger charge is 2.14. The number of thiophene rings is 1. The standard InChI is InChI=1S/C17H19N3S/c1-4-10-18-16-14-11(2)12(3)21-17(14)20-15(19-16)13-8-6-5-7-9-13/h5-9H,4,10H2,1-3H3,(H,18,19,20). The average molecular weight is 297 g/mol. The molecule has 0 saturated heterocycles. The number of hydrogen-bond acceptors (Lipinski definition) is 4. The molecule has 1 aromatic carbocycles. The zero-order chi connectivity index (χ0) is 14.8. The summed E-state index contributed by atoms with van der Waals surface area (Å²) in [6, 6.07) is 10.2. The number of rotatable bonds is 4. The van der Waals surface area contributed by atoms with Crippen molar-refractivity contribution in [3.63, 3.8) is 0 Å². The lowest BCUT2D eigenvalue weighted by molar-refractivity contribution is 0.970. The molecule has 3 aromatic rings. The molecule has 0 spiro atoms. The molecule has 21 heavy (non-hydrogen) atoms. The molecule has 0 unspecified atom stereocenters. The molecule has 2 aromatic heterocycles. The Bertz CT molecular complexity index is 763. The lowest BCUT2D eigenvalue weighted by Crippen LogP contribution is -2.04. The second-order valence-corrected chi connectivity index (χ2v) is 6.36. The van der Waals surface area contributed by atoms with Crippen LogP contribution >= 0.6 is 11.3 Å². The van der Waals surface area contributed by atoms with E-state index < -0.39 is 0 Å². The molecule has 0 atom stereocenters. The molecule has 1 N–H and O–H groups in total. The number of fused-ring (bicyclic) bond motifs is 1. The average Bonchev–Trinajstić information content (AvgIpc) is 2.80. The summed E-state index contributed by atoms with van der Waals surface area (Å²) in [6.45, 7) is 7.38. The molecule has 0 aliphatic rings. The van der Waals surface area contributed by atoms with Crippen molar-refractivity contribution in [2.24, 2.45) is 0 Å². The quantitative estimate of drug-likeness (QED) is 0.752. The molecule has 0 amide bonds. The van der Waals surface area contributed by atoms with Crippen LogP contribution in [0.25, 0.3) is 21.6 Å². The first kappa shape index (κ1) is 14.0. The predicted octanol–water partition coefficient (Wildman–Crippen LogP) is 4.80. The third-order valence-corrected chi connectivity index (χ3v) is 4.70. The fraction of sp³-hybridized carbons (Fsp3) is 0.294. The summed E-state index contributed by atoms with van der Waals surface area (Å²) in [7, 11) is 0. The van der Waals surface area contributed by atoms with Gasteiger partial charge >= 0.3 is 0 Å². The first-order valence-corrected chi connectivity index (χ1v) is 8.09. The topological polar surface area (TPSA) is 37.8 Å². The summed E-state index contributed by atoms with van der Waals surface area (Å²) in [6.07, 6.45) is 1.08. The Balaban J connectivity index is 2.20. The largest absolute Gasteiger partial charge is 0.369 e. The number of benzene rings is 1. The van der Waals surface area contributed by atoms with E-state index in [-0.39, 0.29) is 0 Å². The number of anilines is 1. The smallest absolute Gasteiger partial charge is 0.163 e. The first-order chi connectivity index (χ1) is 10.2. The number of hydrogen-bond donors (Lipinski definition) is 1. The zero-order valence-electron chi connectivity index (χ0n) is 12.6. The number of nitrogens with one attached hydrogen (secondary N) is 1. The van der Waals surface area contributed by atoms with Crippen LogP contribution in [0.2, 0.25) is 0 Å². The van der Waals surface area contributed by atoms with Gasteiger partial charge in [-0.15, -0.1) is 11.3 Å². The maximum atomic E-state index is 4.77. The van der Waals surface area contributed by atoms with E-state index in [1.807, 2.05) is 18.2 Å². The van der Waals surface area contributed by atoms with Gasteiger partial charge in [-0.1, -0.05) is 37.3 Å². The zero-order valence-corrected chi connectivity index (χ0v) is 13.4. The van der Waals surface area contributed by atoms with Gasteiger partial charge in [-0.3, -0.25) is 0 Å². The van der Waals surface area contributed by atoms with E-state index in [4.69, 9.17) is 9.97 Å². The van der Waals surface area contributed by atoms with Crippen LogP contribution in [-0.2, 0) is 0 Å². The molecular weight excluding hydrogens is 278 g/mol. The van der Waals surface area contributed by atoms with Gasteiger partial charge in [0.25, 0.3) is 0 Å². The van der Waals surface area contributed by atoms with Crippen LogP contribution in [-0.4, -0.2) is 16.5 Å². The Kier molecular flexibility index (Phi) is 3.88. The molecule has 4 heteroatoms. The summed E-state index contributed by atoms with van der Waals surface area (Å²) >= 11 is 1.74. The maximum absolute atomic E-state index is 4.77. The number of aromatic nitrogens is 2. The summed E-state index contributed by atoms with van der Waals surface area (Å²) in [4.78, 5) is 11.9. The Morgan fingerprint density at radius 2 is 1.86 bits per heavy atom. The summed E-state index contributed by atoms with van der Waals surface area (Å²) in [5.74, 6) is 1.76. The van der Waals surface area contributed by atoms with E-state index in [9.17, 15) is 0 Å². The van der Waals surface area contributed by atoms with Gasteiger partial charge in [0.2, 0.25) is 0 Å². The Hall–Kier alpha value is -1.94. The minimum atomic E-state index is 0.794. The van der Waals surface area contributed by atoms with Gasteiger partial charge in [-0.25, -0.2) is 9.97 Å².